The van der Waals surface area contributed by atoms with Gasteiger partial charge in [-0.25, -0.2) is 4.79 Å². The van der Waals surface area contributed by atoms with Crippen molar-refractivity contribution in [1.29, 1.82) is 0 Å². The van der Waals surface area contributed by atoms with Gasteiger partial charge in [0.15, 0.2) is 5.16 Å². The summed E-state index contributed by atoms with van der Waals surface area (Å²) in [5.74, 6) is -0.682. The van der Waals surface area contributed by atoms with Crippen LogP contribution >= 0.6 is 23.1 Å². The van der Waals surface area contributed by atoms with E-state index in [-0.39, 0.29) is 33.2 Å². The van der Waals surface area contributed by atoms with Gasteiger partial charge in [0, 0.05) is 13.0 Å². The smallest absolute Gasteiger partial charge is 0.341 e. The fraction of sp³-hybridized carbons (Fsp3) is 0.500. The predicted molar refractivity (Wildman–Crippen MR) is 113 cm³/mol. The van der Waals surface area contributed by atoms with Crippen molar-refractivity contribution >= 4 is 45.9 Å². The number of hydrogen-bond acceptors (Lipinski definition) is 8. The summed E-state index contributed by atoms with van der Waals surface area (Å²) in [6.45, 7) is 9.73. The number of primary amides is 1. The second kappa shape index (κ2) is 9.88. The van der Waals surface area contributed by atoms with E-state index in [1.165, 1.54) is 11.8 Å². The summed E-state index contributed by atoms with van der Waals surface area (Å²) in [4.78, 5) is 36.9. The van der Waals surface area contributed by atoms with E-state index in [0.717, 1.165) is 23.6 Å². The number of nitrogens with zero attached hydrogens (tertiary/aromatic N) is 3. The number of carbonyl (C=O) groups is 3. The van der Waals surface area contributed by atoms with Crippen LogP contribution in [0, 0.1) is 6.92 Å². The van der Waals surface area contributed by atoms with E-state index in [9.17, 15) is 14.4 Å². The fourth-order valence-corrected chi connectivity index (χ4v) is 4.54. The summed E-state index contributed by atoms with van der Waals surface area (Å²) in [6.07, 6.45) is 0.408. The largest absolute Gasteiger partial charge is 0.459 e. The first-order valence-electron chi connectivity index (χ1n) is 9.18. The van der Waals surface area contributed by atoms with Crippen molar-refractivity contribution in [3.63, 3.8) is 0 Å². The van der Waals surface area contributed by atoms with Crippen LogP contribution in [0.1, 0.15) is 59.1 Å². The molecule has 2 aromatic rings. The van der Waals surface area contributed by atoms with E-state index in [2.05, 4.69) is 15.5 Å². The number of esters is 1. The number of nitrogens with two attached hydrogens (primary N) is 1. The third-order valence-electron chi connectivity index (χ3n) is 3.93. The van der Waals surface area contributed by atoms with Gasteiger partial charge in [-0.2, -0.15) is 0 Å². The van der Waals surface area contributed by atoms with E-state index in [0.29, 0.717) is 17.3 Å². The molecule has 0 radical (unpaired) electrons. The van der Waals surface area contributed by atoms with Crippen molar-refractivity contribution in [2.24, 2.45) is 5.73 Å². The molecule has 0 fully saturated rings. The van der Waals surface area contributed by atoms with Crippen LogP contribution in [0.2, 0.25) is 0 Å². The zero-order chi connectivity index (χ0) is 21.7. The lowest BCUT2D eigenvalue weighted by Crippen LogP contribution is -2.18. The maximum absolute atomic E-state index is 12.5. The lowest BCUT2D eigenvalue weighted by molar-refractivity contribution is -0.113. The lowest BCUT2D eigenvalue weighted by Gasteiger charge is -2.10. The normalized spacial score (nSPS) is 11.0. The Labute approximate surface area is 177 Å². The first-order chi connectivity index (χ1) is 13.7. The van der Waals surface area contributed by atoms with E-state index in [1.54, 1.807) is 20.8 Å². The summed E-state index contributed by atoms with van der Waals surface area (Å²) >= 11 is 2.22. The minimum atomic E-state index is -0.663. The molecule has 9 nitrogen and oxygen atoms in total. The third kappa shape index (κ3) is 5.36. The average Bonchev–Trinajstić information content (AvgIpc) is 3.19. The maximum atomic E-state index is 12.5. The van der Waals surface area contributed by atoms with Crippen LogP contribution in [0.5, 0.6) is 0 Å². The standard InChI is InChI=1S/C18H25N5O4S2/c1-6-11-21-22-18(23(11)7-2)28-8-12(24)20-16-13(17(26)27-9(3)4)10(5)14(29-16)15(19)25/h9H,6-8H2,1-5H3,(H2,19,25)(H,20,24). The summed E-state index contributed by atoms with van der Waals surface area (Å²) < 4.78 is 7.19. The Balaban J connectivity index is 2.19. The molecule has 0 atom stereocenters. The highest BCUT2D eigenvalue weighted by Gasteiger charge is 2.26. The lowest BCUT2D eigenvalue weighted by atomic mass is 10.1. The maximum Gasteiger partial charge on any atom is 0.341 e. The van der Waals surface area contributed by atoms with Gasteiger partial charge in [-0.3, -0.25) is 9.59 Å². The molecule has 3 N–H and O–H groups in total. The van der Waals surface area contributed by atoms with Crippen LogP contribution < -0.4 is 11.1 Å². The average molecular weight is 440 g/mol. The number of nitrogens with one attached hydrogen (secondary N) is 1. The van der Waals surface area contributed by atoms with Gasteiger partial charge in [-0.15, -0.1) is 21.5 Å². The monoisotopic (exact) mass is 439 g/mol. The molecular weight excluding hydrogens is 414 g/mol. The molecule has 11 heteroatoms. The van der Waals surface area contributed by atoms with Gasteiger partial charge in [0.1, 0.15) is 10.8 Å². The minimum Gasteiger partial charge on any atom is -0.459 e. The number of thiophene rings is 1. The number of aromatic nitrogens is 3. The van der Waals surface area contributed by atoms with Crippen molar-refractivity contribution < 1.29 is 19.1 Å². The van der Waals surface area contributed by atoms with Crippen LogP contribution in [0.3, 0.4) is 0 Å². The zero-order valence-electron chi connectivity index (χ0n) is 17.1. The van der Waals surface area contributed by atoms with Crippen molar-refractivity contribution in [2.75, 3.05) is 11.1 Å². The highest BCUT2D eigenvalue weighted by Crippen LogP contribution is 2.34. The number of amides is 2. The van der Waals surface area contributed by atoms with E-state index < -0.39 is 11.9 Å². The van der Waals surface area contributed by atoms with Crippen molar-refractivity contribution in [2.45, 2.75) is 58.8 Å². The van der Waals surface area contributed by atoms with Gasteiger partial charge in [-0.05, 0) is 33.3 Å². The molecule has 0 aromatic carbocycles. The van der Waals surface area contributed by atoms with Crippen molar-refractivity contribution in [3.8, 4) is 0 Å². The Hall–Kier alpha value is -2.40. The molecule has 2 rings (SSSR count). The highest BCUT2D eigenvalue weighted by atomic mass is 32.2. The van der Waals surface area contributed by atoms with Crippen LogP contribution in [0.15, 0.2) is 5.16 Å². The number of anilines is 1. The van der Waals surface area contributed by atoms with Crippen LogP contribution in [0.25, 0.3) is 0 Å². The summed E-state index contributed by atoms with van der Waals surface area (Å²) in [5.41, 5.74) is 5.95. The van der Waals surface area contributed by atoms with Gasteiger partial charge >= 0.3 is 5.97 Å². The molecular formula is C18H25N5O4S2. The molecule has 0 spiro atoms. The number of hydrogen-bond donors (Lipinski definition) is 2. The molecule has 0 aliphatic heterocycles. The number of ether oxygens (including phenoxy) is 1. The first-order valence-corrected chi connectivity index (χ1v) is 11.0. The van der Waals surface area contributed by atoms with Crippen molar-refractivity contribution in [3.05, 3.63) is 21.8 Å². The Morgan fingerprint density at radius 2 is 1.97 bits per heavy atom. The van der Waals surface area contributed by atoms with Gasteiger partial charge < -0.3 is 20.4 Å². The van der Waals surface area contributed by atoms with E-state index in [4.69, 9.17) is 10.5 Å². The topological polar surface area (TPSA) is 129 Å². The summed E-state index contributed by atoms with van der Waals surface area (Å²) in [5, 5.41) is 11.8. The number of thioether (sulfide) groups is 1. The van der Waals surface area contributed by atoms with E-state index in [1.807, 2.05) is 18.4 Å². The molecule has 0 unspecified atom stereocenters. The molecule has 2 aromatic heterocycles. The zero-order valence-corrected chi connectivity index (χ0v) is 18.7. The number of rotatable bonds is 9. The molecule has 158 valence electrons. The van der Waals surface area contributed by atoms with Gasteiger partial charge in [-0.1, -0.05) is 18.7 Å². The first kappa shape index (κ1) is 22.9. The molecule has 0 bridgehead atoms. The van der Waals surface area contributed by atoms with Crippen LogP contribution in [-0.2, 0) is 22.5 Å². The molecule has 0 aliphatic carbocycles. The highest BCUT2D eigenvalue weighted by molar-refractivity contribution is 7.99. The predicted octanol–water partition coefficient (Wildman–Crippen LogP) is 2.63. The number of aryl methyl sites for hydroxylation is 1. The van der Waals surface area contributed by atoms with Crippen LogP contribution in [0.4, 0.5) is 5.00 Å². The third-order valence-corrected chi connectivity index (χ3v) is 6.12. The fourth-order valence-electron chi connectivity index (χ4n) is 2.65. The van der Waals surface area contributed by atoms with Gasteiger partial charge in [0.05, 0.1) is 22.3 Å². The van der Waals surface area contributed by atoms with Crippen LogP contribution in [-0.4, -0.2) is 44.4 Å². The van der Waals surface area contributed by atoms with Gasteiger partial charge in [0.25, 0.3) is 5.91 Å². The second-order valence-electron chi connectivity index (χ2n) is 6.41. The number of carbonyl (C=O) groups excluding carboxylic acids is 3. The molecule has 2 heterocycles. The van der Waals surface area contributed by atoms with E-state index >= 15 is 0 Å². The Morgan fingerprint density at radius 1 is 1.28 bits per heavy atom. The summed E-state index contributed by atoms with van der Waals surface area (Å²) in [6, 6.07) is 0. The molecule has 0 saturated heterocycles. The SMILES string of the molecule is CCc1nnc(SCC(=O)Nc2sc(C(N)=O)c(C)c2C(=O)OC(C)C)n1CC. The molecule has 2 amide bonds. The van der Waals surface area contributed by atoms with Gasteiger partial charge in [0.2, 0.25) is 5.91 Å². The second-order valence-corrected chi connectivity index (χ2v) is 8.38. The molecule has 29 heavy (non-hydrogen) atoms. The van der Waals surface area contributed by atoms with Crippen molar-refractivity contribution in [1.82, 2.24) is 14.8 Å². The minimum absolute atomic E-state index is 0.0728. The Morgan fingerprint density at radius 3 is 2.52 bits per heavy atom. The molecule has 0 aliphatic rings. The molecule has 0 saturated carbocycles. The quantitative estimate of drug-likeness (QED) is 0.454. The summed E-state index contributed by atoms with van der Waals surface area (Å²) in [7, 11) is 0. The Kier molecular flexibility index (Phi) is 7.80. The Bertz CT molecular complexity index is 920.